The monoisotopic (exact) mass is 479 g/mol. The lowest BCUT2D eigenvalue weighted by Gasteiger charge is -2.27. The van der Waals surface area contributed by atoms with Crippen LogP contribution in [0.1, 0.15) is 12.0 Å². The number of aromatic nitrogens is 3. The molecule has 1 aromatic carbocycles. The molecule has 0 amide bonds. The average molecular weight is 480 g/mol. The number of nitrogens with one attached hydrogen (secondary N) is 4. The Morgan fingerprint density at radius 3 is 2.15 bits per heavy atom. The van der Waals surface area contributed by atoms with E-state index in [0.29, 0.717) is 25.0 Å². The number of piperazine rings is 1. The van der Waals surface area contributed by atoms with Gasteiger partial charge in [0.25, 0.3) is 0 Å². The van der Waals surface area contributed by atoms with E-state index in [1.807, 2.05) is 0 Å². The van der Waals surface area contributed by atoms with Gasteiger partial charge in [0, 0.05) is 52.4 Å². The fraction of sp³-hybridized carbons (Fsp3) is 0.474. The van der Waals surface area contributed by atoms with E-state index in [1.165, 1.54) is 12.1 Å². The number of primary sulfonamides is 1. The molecule has 0 bridgehead atoms. The van der Waals surface area contributed by atoms with E-state index in [4.69, 9.17) is 10.2 Å². The van der Waals surface area contributed by atoms with Crippen LogP contribution in [0.2, 0.25) is 0 Å². The Kier molecular flexibility index (Phi) is 8.71. The summed E-state index contributed by atoms with van der Waals surface area (Å²) in [7, 11) is -3.75. The molecule has 1 fully saturated rings. The highest BCUT2D eigenvalue weighted by atomic mass is 32.2. The van der Waals surface area contributed by atoms with Gasteiger partial charge in [0.05, 0.1) is 11.3 Å². The van der Waals surface area contributed by atoms with Gasteiger partial charge in [-0.2, -0.15) is 15.0 Å². The lowest BCUT2D eigenvalue weighted by Crippen LogP contribution is -2.45. The standard InChI is InChI=1S/C19H29N9O4S/c20-33(31,32)15-3-1-14(2-4-15)13-24-19-26-17(22-6-5-16(29)30)25-18(27-19)23-9-12-28-10-7-21-8-11-28/h1-4,21H,5-13H2,(H,29,30)(H2,20,31,32)(H3,22,23,24,25,26,27). The van der Waals surface area contributed by atoms with Crippen molar-refractivity contribution < 1.29 is 18.3 Å². The summed E-state index contributed by atoms with van der Waals surface area (Å²) in [6, 6.07) is 6.16. The van der Waals surface area contributed by atoms with E-state index >= 15 is 0 Å². The van der Waals surface area contributed by atoms with Gasteiger partial charge in [0.1, 0.15) is 0 Å². The van der Waals surface area contributed by atoms with Gasteiger partial charge in [-0.15, -0.1) is 0 Å². The molecular weight excluding hydrogens is 450 g/mol. The fourth-order valence-corrected chi connectivity index (χ4v) is 3.65. The molecule has 1 aliphatic heterocycles. The van der Waals surface area contributed by atoms with E-state index in [-0.39, 0.29) is 23.8 Å². The van der Waals surface area contributed by atoms with Gasteiger partial charge >= 0.3 is 5.97 Å². The van der Waals surface area contributed by atoms with Crippen LogP contribution in [0.25, 0.3) is 0 Å². The molecule has 7 N–H and O–H groups in total. The molecule has 180 valence electrons. The molecule has 2 heterocycles. The third kappa shape index (κ3) is 8.42. The van der Waals surface area contributed by atoms with Crippen LogP contribution in [0.3, 0.4) is 0 Å². The quantitative estimate of drug-likeness (QED) is 0.226. The van der Waals surface area contributed by atoms with Crippen LogP contribution < -0.4 is 26.4 Å². The normalized spacial score (nSPS) is 14.6. The van der Waals surface area contributed by atoms with Crippen LogP contribution in [0, 0.1) is 0 Å². The summed E-state index contributed by atoms with van der Waals surface area (Å²) in [6.45, 7) is 5.90. The Morgan fingerprint density at radius 1 is 1.00 bits per heavy atom. The molecule has 0 radical (unpaired) electrons. The minimum Gasteiger partial charge on any atom is -0.481 e. The van der Waals surface area contributed by atoms with E-state index in [1.54, 1.807) is 12.1 Å². The van der Waals surface area contributed by atoms with E-state index in [0.717, 1.165) is 38.3 Å². The second-order valence-electron chi connectivity index (χ2n) is 7.44. The third-order valence-corrected chi connectivity index (χ3v) is 5.81. The van der Waals surface area contributed by atoms with Gasteiger partial charge in [-0.25, -0.2) is 13.6 Å². The van der Waals surface area contributed by atoms with Crippen LogP contribution >= 0.6 is 0 Å². The lowest BCUT2D eigenvalue weighted by atomic mass is 10.2. The molecule has 14 heteroatoms. The van der Waals surface area contributed by atoms with Crippen molar-refractivity contribution in [2.45, 2.75) is 17.9 Å². The fourth-order valence-electron chi connectivity index (χ4n) is 3.13. The molecule has 13 nitrogen and oxygen atoms in total. The first kappa shape index (κ1) is 24.6. The zero-order chi connectivity index (χ0) is 23.7. The predicted molar refractivity (Wildman–Crippen MR) is 124 cm³/mol. The maximum absolute atomic E-state index is 11.4. The summed E-state index contributed by atoms with van der Waals surface area (Å²) in [5.41, 5.74) is 0.802. The van der Waals surface area contributed by atoms with Crippen molar-refractivity contribution in [2.75, 3.05) is 61.8 Å². The largest absolute Gasteiger partial charge is 0.481 e. The second-order valence-corrected chi connectivity index (χ2v) is 9.00. The number of aliphatic carboxylic acids is 1. The number of nitrogens with two attached hydrogens (primary N) is 1. The molecule has 1 aromatic heterocycles. The van der Waals surface area contributed by atoms with E-state index < -0.39 is 16.0 Å². The molecule has 3 rings (SSSR count). The first-order chi connectivity index (χ1) is 15.8. The summed E-state index contributed by atoms with van der Waals surface area (Å²) in [5.74, 6) is -0.0109. The zero-order valence-electron chi connectivity index (χ0n) is 18.1. The van der Waals surface area contributed by atoms with Crippen molar-refractivity contribution >= 4 is 33.8 Å². The Bertz CT molecular complexity index is 1030. The summed E-state index contributed by atoms with van der Waals surface area (Å²) in [6.07, 6.45) is -0.0728. The predicted octanol–water partition coefficient (Wildman–Crippen LogP) is -0.665. The Labute approximate surface area is 192 Å². The highest BCUT2D eigenvalue weighted by molar-refractivity contribution is 7.89. The Hall–Kier alpha value is -3.07. The molecule has 0 aliphatic carbocycles. The average Bonchev–Trinajstić information content (AvgIpc) is 2.78. The first-order valence-electron chi connectivity index (χ1n) is 10.5. The Morgan fingerprint density at radius 2 is 1.58 bits per heavy atom. The smallest absolute Gasteiger partial charge is 0.305 e. The molecule has 0 saturated carbocycles. The molecular formula is C19H29N9O4S. The number of carboxylic acid groups (broad SMARTS) is 1. The number of hydrogen-bond acceptors (Lipinski definition) is 11. The van der Waals surface area contributed by atoms with Gasteiger partial charge in [0.2, 0.25) is 27.9 Å². The molecule has 0 unspecified atom stereocenters. The number of rotatable bonds is 12. The SMILES string of the molecule is NS(=O)(=O)c1ccc(CNc2nc(NCCC(=O)O)nc(NCCN3CCNCC3)n2)cc1. The number of nitrogens with zero attached hydrogens (tertiary/aromatic N) is 4. The Balaban J connectivity index is 1.63. The molecule has 0 atom stereocenters. The van der Waals surface area contributed by atoms with Crippen LogP contribution in [0.15, 0.2) is 29.2 Å². The van der Waals surface area contributed by atoms with Crippen LogP contribution in [0.4, 0.5) is 17.8 Å². The number of carboxylic acids is 1. The minimum atomic E-state index is -3.75. The van der Waals surface area contributed by atoms with Crippen molar-refractivity contribution in [1.29, 1.82) is 0 Å². The lowest BCUT2D eigenvalue weighted by molar-refractivity contribution is -0.136. The number of anilines is 3. The maximum atomic E-state index is 11.4. The van der Waals surface area contributed by atoms with Crippen LogP contribution in [-0.2, 0) is 21.4 Å². The second kappa shape index (κ2) is 11.7. The first-order valence-corrected chi connectivity index (χ1v) is 12.1. The zero-order valence-corrected chi connectivity index (χ0v) is 18.9. The summed E-state index contributed by atoms with van der Waals surface area (Å²) in [4.78, 5) is 26.1. The summed E-state index contributed by atoms with van der Waals surface area (Å²) in [5, 5.41) is 26.5. The van der Waals surface area contributed by atoms with Crippen LogP contribution in [-0.4, -0.2) is 85.2 Å². The van der Waals surface area contributed by atoms with Gasteiger partial charge in [0.15, 0.2) is 0 Å². The maximum Gasteiger partial charge on any atom is 0.305 e. The molecule has 1 saturated heterocycles. The van der Waals surface area contributed by atoms with Crippen molar-refractivity contribution in [1.82, 2.24) is 25.2 Å². The van der Waals surface area contributed by atoms with E-state index in [9.17, 15) is 13.2 Å². The minimum absolute atomic E-state index is 0.0345. The molecule has 2 aromatic rings. The molecule has 1 aliphatic rings. The highest BCUT2D eigenvalue weighted by Gasteiger charge is 2.11. The molecule has 0 spiro atoms. The van der Waals surface area contributed by atoms with Gasteiger partial charge in [-0.05, 0) is 17.7 Å². The van der Waals surface area contributed by atoms with Gasteiger partial charge < -0.3 is 26.4 Å². The van der Waals surface area contributed by atoms with Gasteiger partial charge in [-0.3, -0.25) is 9.69 Å². The summed E-state index contributed by atoms with van der Waals surface area (Å²) >= 11 is 0. The van der Waals surface area contributed by atoms with E-state index in [2.05, 4.69) is 41.1 Å². The number of hydrogen-bond donors (Lipinski definition) is 6. The number of sulfonamides is 1. The summed E-state index contributed by atoms with van der Waals surface area (Å²) < 4.78 is 22.8. The highest BCUT2D eigenvalue weighted by Crippen LogP contribution is 2.13. The molecule has 33 heavy (non-hydrogen) atoms. The number of carbonyl (C=O) groups is 1. The number of benzene rings is 1. The topological polar surface area (TPSA) is 187 Å². The van der Waals surface area contributed by atoms with Gasteiger partial charge in [-0.1, -0.05) is 12.1 Å². The van der Waals surface area contributed by atoms with Crippen LogP contribution in [0.5, 0.6) is 0 Å². The van der Waals surface area contributed by atoms with Crippen molar-refractivity contribution in [3.63, 3.8) is 0 Å². The third-order valence-electron chi connectivity index (χ3n) is 4.88. The van der Waals surface area contributed by atoms with Crippen molar-refractivity contribution in [2.24, 2.45) is 5.14 Å². The van der Waals surface area contributed by atoms with Crippen molar-refractivity contribution in [3.05, 3.63) is 29.8 Å². The van der Waals surface area contributed by atoms with Crippen molar-refractivity contribution in [3.8, 4) is 0 Å².